The zero-order valence-corrected chi connectivity index (χ0v) is 18.5. The molecule has 2 amide bonds. The molecular formula is C22H25ClN6O3. The first-order chi connectivity index (χ1) is 15.5. The van der Waals surface area contributed by atoms with E-state index in [9.17, 15) is 9.59 Å². The van der Waals surface area contributed by atoms with Gasteiger partial charge in [0.05, 0.1) is 18.2 Å². The van der Waals surface area contributed by atoms with Crippen LogP contribution in [0.3, 0.4) is 0 Å². The number of esters is 1. The number of benzene rings is 1. The lowest BCUT2D eigenvalue weighted by molar-refractivity contribution is -0.139. The Hall–Kier alpha value is -3.17. The predicted molar refractivity (Wildman–Crippen MR) is 120 cm³/mol. The average Bonchev–Trinajstić information content (AvgIpc) is 2.80. The molecule has 9 nitrogen and oxygen atoms in total. The van der Waals surface area contributed by atoms with Crippen LogP contribution in [-0.4, -0.2) is 66.4 Å². The van der Waals surface area contributed by atoms with Crippen molar-refractivity contribution in [1.29, 1.82) is 0 Å². The third kappa shape index (κ3) is 5.00. The fourth-order valence-electron chi connectivity index (χ4n) is 3.92. The number of halogens is 1. The van der Waals surface area contributed by atoms with E-state index >= 15 is 0 Å². The van der Waals surface area contributed by atoms with Crippen molar-refractivity contribution in [2.45, 2.75) is 13.0 Å². The zero-order chi connectivity index (χ0) is 22.5. The van der Waals surface area contributed by atoms with Gasteiger partial charge in [-0.05, 0) is 24.6 Å². The molecule has 2 aromatic rings. The summed E-state index contributed by atoms with van der Waals surface area (Å²) in [4.78, 5) is 29.6. The number of piperazine rings is 1. The van der Waals surface area contributed by atoms with Gasteiger partial charge >= 0.3 is 12.0 Å². The average molecular weight is 457 g/mol. The highest BCUT2D eigenvalue weighted by Crippen LogP contribution is 2.28. The molecule has 0 radical (unpaired) electrons. The van der Waals surface area contributed by atoms with Crippen LogP contribution in [0.1, 0.15) is 18.5 Å². The molecule has 0 unspecified atom stereocenters. The lowest BCUT2D eigenvalue weighted by atomic mass is 9.95. The van der Waals surface area contributed by atoms with Crippen LogP contribution in [0.15, 0.2) is 53.7 Å². The lowest BCUT2D eigenvalue weighted by Crippen LogP contribution is -2.52. The minimum absolute atomic E-state index is 0.256. The molecule has 10 heteroatoms. The van der Waals surface area contributed by atoms with Gasteiger partial charge in [0.2, 0.25) is 0 Å². The molecule has 168 valence electrons. The first kappa shape index (κ1) is 22.0. The first-order valence-corrected chi connectivity index (χ1v) is 10.9. The second kappa shape index (κ2) is 9.97. The maximum absolute atomic E-state index is 12.9. The third-order valence-corrected chi connectivity index (χ3v) is 5.68. The van der Waals surface area contributed by atoms with Crippen molar-refractivity contribution in [3.05, 3.63) is 64.5 Å². The van der Waals surface area contributed by atoms with Crippen molar-refractivity contribution < 1.29 is 14.3 Å². The quantitative estimate of drug-likeness (QED) is 0.642. The van der Waals surface area contributed by atoms with Crippen LogP contribution < -0.4 is 15.5 Å². The fraction of sp³-hybridized carbons (Fsp3) is 0.364. The summed E-state index contributed by atoms with van der Waals surface area (Å²) in [7, 11) is 0. The van der Waals surface area contributed by atoms with E-state index < -0.39 is 12.0 Å². The number of rotatable bonds is 6. The van der Waals surface area contributed by atoms with Gasteiger partial charge < -0.3 is 20.3 Å². The number of amides is 2. The van der Waals surface area contributed by atoms with Crippen LogP contribution in [0.5, 0.6) is 0 Å². The molecule has 1 saturated heterocycles. The normalized spacial score (nSPS) is 19.4. The molecule has 32 heavy (non-hydrogen) atoms. The van der Waals surface area contributed by atoms with Gasteiger partial charge in [0, 0.05) is 38.4 Å². The van der Waals surface area contributed by atoms with E-state index in [-0.39, 0.29) is 12.6 Å². The number of ether oxygens (including phenoxy) is 1. The summed E-state index contributed by atoms with van der Waals surface area (Å²) in [6.07, 6.45) is 0. The summed E-state index contributed by atoms with van der Waals surface area (Å²) < 4.78 is 5.33. The van der Waals surface area contributed by atoms with Crippen LogP contribution >= 0.6 is 11.6 Å². The lowest BCUT2D eigenvalue weighted by Gasteiger charge is -2.37. The highest BCUT2D eigenvalue weighted by atomic mass is 35.5. The topological polar surface area (TPSA) is 99.7 Å². The number of hydrogen-bond acceptors (Lipinski definition) is 7. The largest absolute Gasteiger partial charge is 0.463 e. The summed E-state index contributed by atoms with van der Waals surface area (Å²) in [6, 6.07) is 12.1. The molecule has 1 aromatic carbocycles. The van der Waals surface area contributed by atoms with E-state index in [1.54, 1.807) is 13.0 Å². The Labute approximate surface area is 191 Å². The molecule has 0 aliphatic carbocycles. The Balaban J connectivity index is 1.53. The van der Waals surface area contributed by atoms with Crippen molar-refractivity contribution in [1.82, 2.24) is 25.7 Å². The number of nitrogens with one attached hydrogen (secondary N) is 2. The molecule has 0 saturated carbocycles. The van der Waals surface area contributed by atoms with Crippen molar-refractivity contribution in [2.24, 2.45) is 0 Å². The minimum atomic E-state index is -0.565. The molecule has 2 N–H and O–H groups in total. The van der Waals surface area contributed by atoms with Crippen LogP contribution in [0.4, 0.5) is 10.6 Å². The number of urea groups is 1. The Morgan fingerprint density at radius 1 is 1.12 bits per heavy atom. The van der Waals surface area contributed by atoms with Crippen LogP contribution in [0.2, 0.25) is 5.15 Å². The SMILES string of the molecule is CCOC(=O)C1=C(CN2CCN(c3ccc(Cl)nn3)CC2)NC(=O)N[C@H]1c1ccccc1. The van der Waals surface area contributed by atoms with Gasteiger partial charge in [0.15, 0.2) is 11.0 Å². The Morgan fingerprint density at radius 3 is 2.53 bits per heavy atom. The van der Waals surface area contributed by atoms with Gasteiger partial charge in [-0.15, -0.1) is 10.2 Å². The molecule has 2 aliphatic heterocycles. The number of carbonyl (C=O) groups excluding carboxylic acids is 2. The molecular weight excluding hydrogens is 432 g/mol. The summed E-state index contributed by atoms with van der Waals surface area (Å²) in [6.45, 7) is 5.42. The predicted octanol–water partition coefficient (Wildman–Crippen LogP) is 2.12. The van der Waals surface area contributed by atoms with Crippen molar-refractivity contribution >= 4 is 29.4 Å². The summed E-state index contributed by atoms with van der Waals surface area (Å²) in [5.74, 6) is 0.346. The van der Waals surface area contributed by atoms with Crippen molar-refractivity contribution in [3.8, 4) is 0 Å². The van der Waals surface area contributed by atoms with Gasteiger partial charge in [0.25, 0.3) is 0 Å². The van der Waals surface area contributed by atoms with E-state index in [4.69, 9.17) is 16.3 Å². The molecule has 0 bridgehead atoms. The van der Waals surface area contributed by atoms with E-state index in [2.05, 4.69) is 30.6 Å². The minimum Gasteiger partial charge on any atom is -0.463 e. The fourth-order valence-corrected chi connectivity index (χ4v) is 4.03. The van der Waals surface area contributed by atoms with E-state index in [0.29, 0.717) is 23.0 Å². The number of carbonyl (C=O) groups is 2. The molecule has 3 heterocycles. The van der Waals surface area contributed by atoms with Crippen molar-refractivity contribution in [3.63, 3.8) is 0 Å². The van der Waals surface area contributed by atoms with Crippen LogP contribution in [0, 0.1) is 0 Å². The molecule has 1 aromatic heterocycles. The maximum atomic E-state index is 12.9. The maximum Gasteiger partial charge on any atom is 0.338 e. The Bertz CT molecular complexity index is 990. The van der Waals surface area contributed by atoms with Gasteiger partial charge in [-0.2, -0.15) is 0 Å². The smallest absolute Gasteiger partial charge is 0.338 e. The van der Waals surface area contributed by atoms with Crippen LogP contribution in [-0.2, 0) is 9.53 Å². The van der Waals surface area contributed by atoms with E-state index in [1.807, 2.05) is 36.4 Å². The second-order valence-electron chi connectivity index (χ2n) is 7.53. The molecule has 0 spiro atoms. The molecule has 4 rings (SSSR count). The highest BCUT2D eigenvalue weighted by Gasteiger charge is 2.34. The third-order valence-electron chi connectivity index (χ3n) is 5.48. The number of anilines is 1. The molecule has 1 fully saturated rings. The standard InChI is InChI=1S/C22H25ClN6O3/c1-2-32-21(30)19-16(24-22(31)25-20(19)15-6-4-3-5-7-15)14-28-10-12-29(13-11-28)18-9-8-17(23)26-27-18/h3-9,20H,2,10-14H2,1H3,(H2,24,25,31)/t20-/m0/s1. The second-order valence-corrected chi connectivity index (χ2v) is 7.92. The Kier molecular flexibility index (Phi) is 6.87. The zero-order valence-electron chi connectivity index (χ0n) is 17.8. The summed E-state index contributed by atoms with van der Waals surface area (Å²) in [5, 5.41) is 14.1. The van der Waals surface area contributed by atoms with Gasteiger partial charge in [0.1, 0.15) is 0 Å². The number of nitrogens with zero attached hydrogens (tertiary/aromatic N) is 4. The Morgan fingerprint density at radius 2 is 1.88 bits per heavy atom. The van der Waals surface area contributed by atoms with Gasteiger partial charge in [-0.25, -0.2) is 9.59 Å². The van der Waals surface area contributed by atoms with Crippen LogP contribution in [0.25, 0.3) is 0 Å². The van der Waals surface area contributed by atoms with Gasteiger partial charge in [-0.1, -0.05) is 41.9 Å². The summed E-state index contributed by atoms with van der Waals surface area (Å²) in [5.41, 5.74) is 1.83. The van der Waals surface area contributed by atoms with Crippen molar-refractivity contribution in [2.75, 3.05) is 44.2 Å². The highest BCUT2D eigenvalue weighted by molar-refractivity contribution is 6.29. The molecule has 1 atom stereocenters. The van der Waals surface area contributed by atoms with Gasteiger partial charge in [-0.3, -0.25) is 4.90 Å². The van der Waals surface area contributed by atoms with E-state index in [0.717, 1.165) is 37.6 Å². The summed E-state index contributed by atoms with van der Waals surface area (Å²) >= 11 is 5.83. The molecule has 2 aliphatic rings. The van der Waals surface area contributed by atoms with E-state index in [1.165, 1.54) is 0 Å². The number of hydrogen-bond donors (Lipinski definition) is 2. The first-order valence-electron chi connectivity index (χ1n) is 10.5. The number of aromatic nitrogens is 2. The monoisotopic (exact) mass is 456 g/mol.